The van der Waals surface area contributed by atoms with Gasteiger partial charge < -0.3 is 0 Å². The van der Waals surface area contributed by atoms with Crippen molar-refractivity contribution in [1.82, 2.24) is 4.98 Å². The molecule has 0 radical (unpaired) electrons. The molecule has 0 spiro atoms. The van der Waals surface area contributed by atoms with E-state index >= 15 is 0 Å². The molecule has 1 heterocycles. The zero-order valence-corrected chi connectivity index (χ0v) is 8.31. The van der Waals surface area contributed by atoms with E-state index in [-0.39, 0.29) is 0 Å². The molecule has 1 nitrogen and oxygen atoms in total. The maximum atomic E-state index is 5.83. The van der Waals surface area contributed by atoms with Crippen molar-refractivity contribution in [3.63, 3.8) is 0 Å². The van der Waals surface area contributed by atoms with Gasteiger partial charge in [-0.2, -0.15) is 0 Å². The first-order valence-electron chi connectivity index (χ1n) is 3.90. The first-order chi connectivity index (χ1) is 6.29. The summed E-state index contributed by atoms with van der Waals surface area (Å²) in [5.41, 5.74) is 1.93. The monoisotopic (exact) mass is 211 g/mol. The van der Waals surface area contributed by atoms with Crippen molar-refractivity contribution in [3.05, 3.63) is 41.0 Å². The largest absolute Gasteiger partial charge is 0.256 e. The highest BCUT2D eigenvalue weighted by atomic mass is 35.5. The van der Waals surface area contributed by atoms with Crippen LogP contribution in [0.25, 0.3) is 10.9 Å². The molecule has 0 N–H and O–H groups in total. The second kappa shape index (κ2) is 3.52. The molecule has 66 valence electrons. The average Bonchev–Trinajstić information content (AvgIpc) is 2.17. The number of alkyl halides is 1. The Kier molecular flexibility index (Phi) is 2.38. The summed E-state index contributed by atoms with van der Waals surface area (Å²) in [6, 6.07) is 7.66. The summed E-state index contributed by atoms with van der Waals surface area (Å²) in [6.45, 7) is 0. The molecule has 0 bridgehead atoms. The second-order valence-electron chi connectivity index (χ2n) is 2.81. The predicted octanol–water partition coefficient (Wildman–Crippen LogP) is 3.63. The minimum atomic E-state index is 0.492. The first kappa shape index (κ1) is 8.79. The van der Waals surface area contributed by atoms with Gasteiger partial charge in [-0.15, -0.1) is 11.6 Å². The fraction of sp³-hybridized carbons (Fsp3) is 0.100. The van der Waals surface area contributed by atoms with Gasteiger partial charge in [0.05, 0.1) is 5.52 Å². The Balaban J connectivity index is 2.66. The SMILES string of the molecule is ClCc1cnc2cc(Cl)ccc2c1. The maximum absolute atomic E-state index is 5.83. The molecule has 0 saturated carbocycles. The van der Waals surface area contributed by atoms with Crippen molar-refractivity contribution in [2.45, 2.75) is 5.88 Å². The smallest absolute Gasteiger partial charge is 0.0717 e. The van der Waals surface area contributed by atoms with Gasteiger partial charge in [-0.25, -0.2) is 0 Å². The van der Waals surface area contributed by atoms with E-state index in [1.54, 1.807) is 6.20 Å². The van der Waals surface area contributed by atoms with E-state index < -0.39 is 0 Å². The lowest BCUT2D eigenvalue weighted by molar-refractivity contribution is 1.30. The number of nitrogens with zero attached hydrogens (tertiary/aromatic N) is 1. The van der Waals surface area contributed by atoms with E-state index in [0.29, 0.717) is 10.9 Å². The van der Waals surface area contributed by atoms with Crippen LogP contribution < -0.4 is 0 Å². The van der Waals surface area contributed by atoms with Crippen molar-refractivity contribution >= 4 is 34.1 Å². The normalized spacial score (nSPS) is 10.6. The average molecular weight is 212 g/mol. The highest BCUT2D eigenvalue weighted by molar-refractivity contribution is 6.31. The number of rotatable bonds is 1. The molecule has 0 aliphatic rings. The van der Waals surface area contributed by atoms with Crippen LogP contribution in [0.15, 0.2) is 30.5 Å². The Morgan fingerprint density at radius 2 is 2.08 bits per heavy atom. The van der Waals surface area contributed by atoms with Crippen molar-refractivity contribution in [2.24, 2.45) is 0 Å². The molecule has 2 rings (SSSR count). The molecule has 0 atom stereocenters. The summed E-state index contributed by atoms with van der Waals surface area (Å²) in [6.07, 6.45) is 1.77. The van der Waals surface area contributed by atoms with Gasteiger partial charge in [-0.3, -0.25) is 4.98 Å². The number of hydrogen-bond acceptors (Lipinski definition) is 1. The van der Waals surface area contributed by atoms with Crippen LogP contribution in [0.2, 0.25) is 5.02 Å². The van der Waals surface area contributed by atoms with E-state index in [2.05, 4.69) is 4.98 Å². The molecule has 13 heavy (non-hydrogen) atoms. The molecule has 3 heteroatoms. The van der Waals surface area contributed by atoms with Crippen LogP contribution in [0.4, 0.5) is 0 Å². The lowest BCUT2D eigenvalue weighted by Gasteiger charge is -1.99. The summed E-state index contributed by atoms with van der Waals surface area (Å²) >= 11 is 11.5. The van der Waals surface area contributed by atoms with Crippen LogP contribution in [0.5, 0.6) is 0 Å². The first-order valence-corrected chi connectivity index (χ1v) is 4.81. The summed E-state index contributed by atoms with van der Waals surface area (Å²) in [7, 11) is 0. The third kappa shape index (κ3) is 1.77. The zero-order valence-electron chi connectivity index (χ0n) is 6.80. The molecular weight excluding hydrogens is 205 g/mol. The van der Waals surface area contributed by atoms with Crippen LogP contribution in [0.1, 0.15) is 5.56 Å². The van der Waals surface area contributed by atoms with Gasteiger partial charge in [0.2, 0.25) is 0 Å². The number of halogens is 2. The van der Waals surface area contributed by atoms with Gasteiger partial charge >= 0.3 is 0 Å². The van der Waals surface area contributed by atoms with Crippen molar-refractivity contribution < 1.29 is 0 Å². The molecule has 0 amide bonds. The van der Waals surface area contributed by atoms with E-state index in [4.69, 9.17) is 23.2 Å². The van der Waals surface area contributed by atoms with Gasteiger partial charge in [0.1, 0.15) is 0 Å². The standard InChI is InChI=1S/C10H7Cl2N/c11-5-7-3-8-1-2-9(12)4-10(8)13-6-7/h1-4,6H,5H2. The predicted molar refractivity (Wildman–Crippen MR) is 56.3 cm³/mol. The van der Waals surface area contributed by atoms with E-state index in [1.807, 2.05) is 24.3 Å². The van der Waals surface area contributed by atoms with Crippen LogP contribution in [0, 0.1) is 0 Å². The van der Waals surface area contributed by atoms with Gasteiger partial charge in [0, 0.05) is 22.5 Å². The highest BCUT2D eigenvalue weighted by Crippen LogP contribution is 2.18. The lowest BCUT2D eigenvalue weighted by Crippen LogP contribution is -1.83. The fourth-order valence-corrected chi connectivity index (χ4v) is 1.53. The quantitative estimate of drug-likeness (QED) is 0.657. The molecule has 0 aliphatic heterocycles. The Morgan fingerprint density at radius 3 is 2.85 bits per heavy atom. The van der Waals surface area contributed by atoms with Crippen molar-refractivity contribution in [3.8, 4) is 0 Å². The number of pyridine rings is 1. The van der Waals surface area contributed by atoms with Crippen LogP contribution in [0.3, 0.4) is 0 Å². The minimum Gasteiger partial charge on any atom is -0.256 e. The van der Waals surface area contributed by atoms with Crippen molar-refractivity contribution in [2.75, 3.05) is 0 Å². The Bertz CT molecular complexity index is 440. The Labute approximate surface area is 86.3 Å². The minimum absolute atomic E-state index is 0.492. The van der Waals surface area contributed by atoms with E-state index in [9.17, 15) is 0 Å². The third-order valence-corrected chi connectivity index (χ3v) is 2.40. The molecule has 1 aromatic heterocycles. The van der Waals surface area contributed by atoms with Gasteiger partial charge in [-0.1, -0.05) is 17.7 Å². The number of fused-ring (bicyclic) bond motifs is 1. The summed E-state index contributed by atoms with van der Waals surface area (Å²) in [4.78, 5) is 4.24. The van der Waals surface area contributed by atoms with Gasteiger partial charge in [0.15, 0.2) is 0 Å². The lowest BCUT2D eigenvalue weighted by atomic mass is 10.2. The van der Waals surface area contributed by atoms with Crippen LogP contribution >= 0.6 is 23.2 Å². The zero-order chi connectivity index (χ0) is 9.26. The number of hydrogen-bond donors (Lipinski definition) is 0. The molecule has 0 saturated heterocycles. The molecule has 0 unspecified atom stereocenters. The van der Waals surface area contributed by atoms with Gasteiger partial charge in [0.25, 0.3) is 0 Å². The summed E-state index contributed by atoms with van der Waals surface area (Å²) in [5, 5.41) is 1.78. The Morgan fingerprint density at radius 1 is 1.23 bits per heavy atom. The van der Waals surface area contributed by atoms with Gasteiger partial charge in [-0.05, 0) is 23.8 Å². The fourth-order valence-electron chi connectivity index (χ4n) is 1.21. The maximum Gasteiger partial charge on any atom is 0.0717 e. The van der Waals surface area contributed by atoms with E-state index in [0.717, 1.165) is 16.5 Å². The Hall–Kier alpha value is -0.790. The molecule has 2 aromatic rings. The second-order valence-corrected chi connectivity index (χ2v) is 3.52. The summed E-state index contributed by atoms with van der Waals surface area (Å²) < 4.78 is 0. The molecule has 0 fully saturated rings. The summed E-state index contributed by atoms with van der Waals surface area (Å²) in [5.74, 6) is 0.492. The molecule has 0 aliphatic carbocycles. The molecule has 1 aromatic carbocycles. The molecular formula is C10H7Cl2N. The van der Waals surface area contributed by atoms with Crippen LogP contribution in [-0.4, -0.2) is 4.98 Å². The van der Waals surface area contributed by atoms with Crippen molar-refractivity contribution in [1.29, 1.82) is 0 Å². The number of benzene rings is 1. The topological polar surface area (TPSA) is 12.9 Å². The van der Waals surface area contributed by atoms with E-state index in [1.165, 1.54) is 0 Å². The highest BCUT2D eigenvalue weighted by Gasteiger charge is 1.97. The third-order valence-electron chi connectivity index (χ3n) is 1.86. The van der Waals surface area contributed by atoms with Crippen LogP contribution in [-0.2, 0) is 5.88 Å². The number of aromatic nitrogens is 1.